The molecule has 5 aromatic rings. The number of amides is 4. The van der Waals surface area contributed by atoms with Crippen molar-refractivity contribution in [1.29, 1.82) is 0 Å². The van der Waals surface area contributed by atoms with Crippen LogP contribution in [0.15, 0.2) is 121 Å². The normalized spacial score (nSPS) is 13.3. The molecule has 0 fully saturated rings. The number of carbonyl (C=O) groups is 4. The molecule has 0 spiro atoms. The van der Waals surface area contributed by atoms with Crippen LogP contribution in [0.2, 0.25) is 0 Å². The van der Waals surface area contributed by atoms with Gasteiger partial charge in [0.15, 0.2) is 6.10 Å². The molecule has 0 aliphatic heterocycles. The summed E-state index contributed by atoms with van der Waals surface area (Å²) in [5.41, 5.74) is 4.10. The van der Waals surface area contributed by atoms with Gasteiger partial charge in [-0.3, -0.25) is 14.4 Å². The van der Waals surface area contributed by atoms with Crippen LogP contribution in [0.5, 0.6) is 0 Å². The van der Waals surface area contributed by atoms with Crippen LogP contribution in [0, 0.1) is 0 Å². The Kier molecular flexibility index (Phi) is 12.6. The molecule has 4 aromatic carbocycles. The van der Waals surface area contributed by atoms with Crippen LogP contribution in [0.25, 0.3) is 10.9 Å². The first-order valence-electron chi connectivity index (χ1n) is 16.8. The van der Waals surface area contributed by atoms with Gasteiger partial charge < -0.3 is 35.7 Å². The molecule has 0 radical (unpaired) electrons. The fourth-order valence-electron chi connectivity index (χ4n) is 5.76. The summed E-state index contributed by atoms with van der Waals surface area (Å²) in [6.07, 6.45) is -0.367. The third-order valence-electron chi connectivity index (χ3n) is 8.57. The molecule has 0 saturated heterocycles. The summed E-state index contributed by atoms with van der Waals surface area (Å²) in [4.78, 5) is 58.3. The van der Waals surface area contributed by atoms with E-state index in [4.69, 9.17) is 4.74 Å². The van der Waals surface area contributed by atoms with E-state index in [1.54, 1.807) is 13.2 Å². The van der Waals surface area contributed by atoms with Crippen molar-refractivity contribution in [3.63, 3.8) is 0 Å². The minimum atomic E-state index is -1.59. The van der Waals surface area contributed by atoms with Crippen molar-refractivity contribution in [2.24, 2.45) is 0 Å². The summed E-state index contributed by atoms with van der Waals surface area (Å²) in [6.45, 7) is 1.78. The predicted octanol–water partition coefficient (Wildman–Crippen LogP) is 4.26. The van der Waals surface area contributed by atoms with Crippen LogP contribution >= 0.6 is 0 Å². The molecule has 11 nitrogen and oxygen atoms in total. The average Bonchev–Trinajstić information content (AvgIpc) is 3.56. The Bertz CT molecular complexity index is 1900. The molecule has 1 heterocycles. The highest BCUT2D eigenvalue weighted by Gasteiger charge is 2.33. The van der Waals surface area contributed by atoms with Gasteiger partial charge in [0, 0.05) is 37.1 Å². The van der Waals surface area contributed by atoms with Gasteiger partial charge >= 0.3 is 6.09 Å². The monoisotopic (exact) mass is 689 g/mol. The first-order chi connectivity index (χ1) is 24.7. The Morgan fingerprint density at radius 1 is 0.725 bits per heavy atom. The molecule has 51 heavy (non-hydrogen) atoms. The first-order valence-corrected chi connectivity index (χ1v) is 16.8. The number of fused-ring (bicyclic) bond motifs is 1. The van der Waals surface area contributed by atoms with Gasteiger partial charge in [0.25, 0.3) is 5.91 Å². The number of benzene rings is 4. The summed E-state index contributed by atoms with van der Waals surface area (Å²) in [5.74, 6) is -1.79. The second kappa shape index (κ2) is 17.6. The van der Waals surface area contributed by atoms with Gasteiger partial charge in [0.2, 0.25) is 11.8 Å². The van der Waals surface area contributed by atoms with Gasteiger partial charge in [-0.05, 0) is 41.7 Å². The maximum Gasteiger partial charge on any atom is 0.408 e. The largest absolute Gasteiger partial charge is 0.445 e. The van der Waals surface area contributed by atoms with Crippen LogP contribution in [0.4, 0.5) is 4.79 Å². The number of carbonyl (C=O) groups excluding carboxylic acids is 4. The van der Waals surface area contributed by atoms with Crippen molar-refractivity contribution in [2.75, 3.05) is 7.05 Å². The Hall–Kier alpha value is -5.94. The lowest BCUT2D eigenvalue weighted by Crippen LogP contribution is -2.58. The summed E-state index contributed by atoms with van der Waals surface area (Å²) < 4.78 is 5.27. The Morgan fingerprint density at radius 2 is 1.31 bits per heavy atom. The number of ether oxygens (including phenoxy) is 1. The zero-order valence-corrected chi connectivity index (χ0v) is 28.6. The van der Waals surface area contributed by atoms with Gasteiger partial charge in [-0.2, -0.15) is 0 Å². The zero-order valence-electron chi connectivity index (χ0n) is 28.6. The minimum Gasteiger partial charge on any atom is -0.445 e. The number of aromatic nitrogens is 1. The molecule has 1 aromatic heterocycles. The topological polar surface area (TPSA) is 153 Å². The number of nitrogens with zero attached hydrogens (tertiary/aromatic N) is 1. The van der Waals surface area contributed by atoms with Crippen LogP contribution in [-0.2, 0) is 45.1 Å². The number of para-hydroxylation sites is 1. The van der Waals surface area contributed by atoms with E-state index in [-0.39, 0.29) is 26.0 Å². The van der Waals surface area contributed by atoms with E-state index in [0.717, 1.165) is 33.2 Å². The van der Waals surface area contributed by atoms with Crippen molar-refractivity contribution >= 4 is 34.7 Å². The lowest BCUT2D eigenvalue weighted by atomic mass is 9.98. The van der Waals surface area contributed by atoms with Crippen molar-refractivity contribution < 1.29 is 29.0 Å². The quantitative estimate of drug-likeness (QED) is 0.111. The summed E-state index contributed by atoms with van der Waals surface area (Å²) in [5, 5.41) is 20.5. The number of aromatic amines is 1. The Morgan fingerprint density at radius 3 is 1.98 bits per heavy atom. The van der Waals surface area contributed by atoms with E-state index in [0.29, 0.717) is 0 Å². The smallest absolute Gasteiger partial charge is 0.408 e. The van der Waals surface area contributed by atoms with Crippen molar-refractivity contribution in [3.05, 3.63) is 144 Å². The van der Waals surface area contributed by atoms with Gasteiger partial charge in [-0.25, -0.2) is 4.79 Å². The van der Waals surface area contributed by atoms with Gasteiger partial charge in [0.05, 0.1) is 6.04 Å². The van der Waals surface area contributed by atoms with Crippen LogP contribution in [0.3, 0.4) is 0 Å². The van der Waals surface area contributed by atoms with Gasteiger partial charge in [0.1, 0.15) is 18.7 Å². The fraction of sp³-hybridized carbons (Fsp3) is 0.250. The summed E-state index contributed by atoms with van der Waals surface area (Å²) in [6, 6.07) is 32.1. The number of hydrogen-bond donors (Lipinski definition) is 5. The average molecular weight is 690 g/mol. The number of H-pyrrole nitrogens is 1. The highest BCUT2D eigenvalue weighted by atomic mass is 16.5. The molecular formula is C40H43N5O6. The molecule has 0 saturated carbocycles. The van der Waals surface area contributed by atoms with Crippen LogP contribution in [0.1, 0.15) is 29.2 Å². The molecule has 11 heteroatoms. The molecule has 4 amide bonds. The number of alkyl carbamates (subject to hydrolysis) is 1. The van der Waals surface area contributed by atoms with Crippen molar-refractivity contribution in [2.45, 2.75) is 57.1 Å². The lowest BCUT2D eigenvalue weighted by molar-refractivity contribution is -0.142. The third-order valence-corrected chi connectivity index (χ3v) is 8.57. The fourth-order valence-corrected chi connectivity index (χ4v) is 5.76. The second-order valence-corrected chi connectivity index (χ2v) is 12.5. The molecular weight excluding hydrogens is 646 g/mol. The molecule has 0 aliphatic carbocycles. The zero-order chi connectivity index (χ0) is 36.2. The number of hydrogen-bond acceptors (Lipinski definition) is 6. The standard InChI is InChI=1S/C40H43N5O6/c1-27(42-40(50)51-26-30-18-10-5-11-19-30)37(47)44-35(23-31-24-41-33-21-13-12-20-32(31)33)38(48)43-34(22-28-14-6-3-7-15-28)36(46)39(49)45(2)25-29-16-8-4-9-17-29/h3-21,24,27,34-36,41,46H,22-23,25-26H2,1-2H3,(H,42,50)(H,43,48)(H,44,47)/t27-,34?,35-,36?/m0/s1. The summed E-state index contributed by atoms with van der Waals surface area (Å²) in [7, 11) is 1.60. The van der Waals surface area contributed by atoms with E-state index in [9.17, 15) is 24.3 Å². The van der Waals surface area contributed by atoms with E-state index >= 15 is 0 Å². The van der Waals surface area contributed by atoms with E-state index in [2.05, 4.69) is 20.9 Å². The number of nitrogens with one attached hydrogen (secondary N) is 4. The Labute approximate surface area is 297 Å². The molecule has 5 rings (SSSR count). The highest BCUT2D eigenvalue weighted by molar-refractivity contribution is 5.93. The molecule has 264 valence electrons. The number of aliphatic hydroxyl groups is 1. The van der Waals surface area contributed by atoms with Crippen molar-refractivity contribution in [1.82, 2.24) is 25.8 Å². The first kappa shape index (κ1) is 36.3. The molecule has 0 aliphatic rings. The maximum atomic E-state index is 14.1. The SMILES string of the molecule is C[C@H](NC(=O)OCc1ccccc1)C(=O)N[C@@H](Cc1c[nH]c2ccccc12)C(=O)NC(Cc1ccccc1)C(O)C(=O)N(C)Cc1ccccc1. The minimum absolute atomic E-state index is 0.0248. The van der Waals surface area contributed by atoms with E-state index < -0.39 is 48.0 Å². The molecule has 2 unspecified atom stereocenters. The predicted molar refractivity (Wildman–Crippen MR) is 194 cm³/mol. The Balaban J connectivity index is 1.33. The molecule has 4 atom stereocenters. The lowest BCUT2D eigenvalue weighted by Gasteiger charge is -2.29. The third kappa shape index (κ3) is 10.3. The van der Waals surface area contributed by atoms with E-state index in [1.165, 1.54) is 11.8 Å². The van der Waals surface area contributed by atoms with Crippen LogP contribution in [-0.4, -0.2) is 70.1 Å². The molecule has 5 N–H and O–H groups in total. The number of aliphatic hydroxyl groups excluding tert-OH is 1. The van der Waals surface area contributed by atoms with Gasteiger partial charge in [-0.1, -0.05) is 109 Å². The maximum absolute atomic E-state index is 14.1. The van der Waals surface area contributed by atoms with Crippen molar-refractivity contribution in [3.8, 4) is 0 Å². The van der Waals surface area contributed by atoms with Crippen LogP contribution < -0.4 is 16.0 Å². The number of rotatable bonds is 15. The van der Waals surface area contributed by atoms with Gasteiger partial charge in [-0.15, -0.1) is 0 Å². The second-order valence-electron chi connectivity index (χ2n) is 12.5. The summed E-state index contributed by atoms with van der Waals surface area (Å²) >= 11 is 0. The molecule has 0 bridgehead atoms. The van der Waals surface area contributed by atoms with E-state index in [1.807, 2.05) is 115 Å². The highest BCUT2D eigenvalue weighted by Crippen LogP contribution is 2.20. The number of likely N-dealkylation sites (N-methyl/N-ethyl adjacent to an activating group) is 1.